The molecule has 0 aliphatic carbocycles. The van der Waals surface area contributed by atoms with Crippen LogP contribution in [0.3, 0.4) is 0 Å². The number of hydrogen-bond acceptors (Lipinski definition) is 10. The average Bonchev–Trinajstić information content (AvgIpc) is 2.82. The minimum Gasteiger partial charge on any atom is -0.317 e. The molecule has 0 aliphatic rings. The van der Waals surface area contributed by atoms with E-state index in [1.165, 1.54) is 13.8 Å². The van der Waals surface area contributed by atoms with Crippen LogP contribution in [0.2, 0.25) is 15.9 Å². The van der Waals surface area contributed by atoms with E-state index in [0.717, 1.165) is 0 Å². The van der Waals surface area contributed by atoms with Gasteiger partial charge in [0.15, 0.2) is 11.6 Å². The molecular formula is C20H24Cl3F6N9O. The lowest BCUT2D eigenvalue weighted by Gasteiger charge is -2.14. The quantitative estimate of drug-likeness (QED) is 0.309. The molecule has 10 nitrogen and oxygen atoms in total. The zero-order valence-corrected chi connectivity index (χ0v) is 23.3. The highest BCUT2D eigenvalue weighted by atomic mass is 35.5. The molecule has 0 N–H and O–H groups in total. The van der Waals surface area contributed by atoms with Crippen molar-refractivity contribution in [2.24, 2.45) is 0 Å². The van der Waals surface area contributed by atoms with Crippen molar-refractivity contribution in [1.29, 1.82) is 0 Å². The Morgan fingerprint density at radius 3 is 1.26 bits per heavy atom. The summed E-state index contributed by atoms with van der Waals surface area (Å²) in [5.74, 6) is 1.08. The van der Waals surface area contributed by atoms with Gasteiger partial charge in [-0.05, 0) is 62.5 Å². The molecule has 0 aliphatic heterocycles. The van der Waals surface area contributed by atoms with Gasteiger partial charge >= 0.3 is 6.11 Å². The molecule has 0 fully saturated rings. The first-order valence-corrected chi connectivity index (χ1v) is 11.8. The Bertz CT molecular complexity index is 1030. The first-order chi connectivity index (χ1) is 18.3. The molecule has 19 heteroatoms. The van der Waals surface area contributed by atoms with Crippen molar-refractivity contribution in [2.75, 3.05) is 20.0 Å². The van der Waals surface area contributed by atoms with E-state index in [1.807, 2.05) is 0 Å². The van der Waals surface area contributed by atoms with E-state index in [2.05, 4.69) is 49.6 Å². The van der Waals surface area contributed by atoms with Gasteiger partial charge in [0.25, 0.3) is 0 Å². The molecule has 218 valence electrons. The van der Waals surface area contributed by atoms with Crippen molar-refractivity contribution in [1.82, 2.24) is 44.9 Å². The minimum absolute atomic E-state index is 0.0418. The molecule has 0 atom stereocenters. The van der Waals surface area contributed by atoms with Crippen LogP contribution in [0.4, 0.5) is 26.3 Å². The lowest BCUT2D eigenvalue weighted by atomic mass is 10.4. The Hall–Kier alpha value is -2.56. The predicted molar refractivity (Wildman–Crippen MR) is 131 cm³/mol. The van der Waals surface area contributed by atoms with Crippen molar-refractivity contribution in [2.45, 2.75) is 53.6 Å². The second-order valence-corrected chi connectivity index (χ2v) is 7.60. The molecule has 3 aromatic rings. The first-order valence-electron chi connectivity index (χ1n) is 10.7. The number of alkyl halides is 6. The van der Waals surface area contributed by atoms with Gasteiger partial charge in [0.05, 0.1) is 19.7 Å². The summed E-state index contributed by atoms with van der Waals surface area (Å²) in [7, 11) is 0. The summed E-state index contributed by atoms with van der Waals surface area (Å²) in [6.07, 6.45) is -4.38. The third-order valence-corrected chi connectivity index (χ3v) is 3.80. The molecule has 0 bridgehead atoms. The summed E-state index contributed by atoms with van der Waals surface area (Å²) in [5.41, 5.74) is 0. The Morgan fingerprint density at radius 1 is 0.615 bits per heavy atom. The highest BCUT2D eigenvalue weighted by Crippen LogP contribution is 2.20. The number of ether oxygens (including phenoxy) is 1. The number of aromatic nitrogens is 9. The second-order valence-electron chi connectivity index (χ2n) is 6.59. The fourth-order valence-corrected chi connectivity index (χ4v) is 2.79. The van der Waals surface area contributed by atoms with Crippen molar-refractivity contribution in [3.05, 3.63) is 50.8 Å². The summed E-state index contributed by atoms with van der Waals surface area (Å²) in [5, 5.41) is -0.0795. The number of nitrogens with zero attached hydrogens (tertiary/aromatic N) is 9. The normalized spacial score (nSPS) is 10.4. The Balaban J connectivity index is 0.000000548. The van der Waals surface area contributed by atoms with Crippen molar-refractivity contribution >= 4 is 34.8 Å². The van der Waals surface area contributed by atoms with Crippen molar-refractivity contribution < 1.29 is 31.1 Å². The highest BCUT2D eigenvalue weighted by Gasteiger charge is 2.32. The van der Waals surface area contributed by atoms with Crippen molar-refractivity contribution in [3.8, 4) is 0 Å². The molecular weight excluding hydrogens is 603 g/mol. The SMILES string of the molecule is CCF.Cc1nc(Cl)nc(CC(F)(F)OCCF)n1.Cc1nc(Cl)nc(CF)n1.Cc1nc(Cl)nc(CF)n1. The first kappa shape index (κ1) is 36.4. The molecule has 3 rings (SSSR count). The maximum absolute atomic E-state index is 13.0. The third kappa shape index (κ3) is 17.6. The van der Waals surface area contributed by atoms with Crippen LogP contribution in [-0.4, -0.2) is 70.9 Å². The molecule has 3 aromatic heterocycles. The zero-order chi connectivity index (χ0) is 30.0. The van der Waals surface area contributed by atoms with Gasteiger partial charge in [0.1, 0.15) is 43.3 Å². The predicted octanol–water partition coefficient (Wildman–Crippen LogP) is 5.54. The van der Waals surface area contributed by atoms with Crippen LogP contribution in [0, 0.1) is 20.8 Å². The summed E-state index contributed by atoms with van der Waals surface area (Å²) >= 11 is 16.3. The molecule has 0 aromatic carbocycles. The van der Waals surface area contributed by atoms with Crippen LogP contribution in [-0.2, 0) is 24.5 Å². The van der Waals surface area contributed by atoms with Gasteiger partial charge in [0, 0.05) is 0 Å². The number of hydrogen-bond donors (Lipinski definition) is 0. The van der Waals surface area contributed by atoms with E-state index < -0.39 is 39.2 Å². The number of rotatable bonds is 7. The van der Waals surface area contributed by atoms with Crippen LogP contribution in [0.1, 0.15) is 41.9 Å². The molecule has 0 spiro atoms. The van der Waals surface area contributed by atoms with Gasteiger partial charge in [-0.3, -0.25) is 4.39 Å². The van der Waals surface area contributed by atoms with Gasteiger partial charge in [0.2, 0.25) is 15.9 Å². The molecule has 3 heterocycles. The summed E-state index contributed by atoms with van der Waals surface area (Å²) in [6, 6.07) is 0. The molecule has 0 unspecified atom stereocenters. The minimum atomic E-state index is -3.51. The fraction of sp³-hybridized carbons (Fsp3) is 0.550. The van der Waals surface area contributed by atoms with Crippen LogP contribution in [0.5, 0.6) is 0 Å². The lowest BCUT2D eigenvalue weighted by Crippen LogP contribution is -2.26. The van der Waals surface area contributed by atoms with E-state index in [0.29, 0.717) is 11.6 Å². The monoisotopic (exact) mass is 625 g/mol. The number of aryl methyl sites for hydroxylation is 3. The maximum atomic E-state index is 13.0. The molecule has 0 saturated heterocycles. The Labute approximate surface area is 235 Å². The zero-order valence-electron chi connectivity index (χ0n) is 21.1. The Morgan fingerprint density at radius 2 is 0.949 bits per heavy atom. The number of halogens is 9. The van der Waals surface area contributed by atoms with E-state index in [9.17, 15) is 26.3 Å². The maximum Gasteiger partial charge on any atom is 0.362 e. The van der Waals surface area contributed by atoms with Gasteiger partial charge in [-0.2, -0.15) is 18.7 Å². The smallest absolute Gasteiger partial charge is 0.317 e. The van der Waals surface area contributed by atoms with Gasteiger partial charge < -0.3 is 4.74 Å². The third-order valence-electron chi connectivity index (χ3n) is 3.29. The van der Waals surface area contributed by atoms with Gasteiger partial charge in [-0.1, -0.05) is 0 Å². The second kappa shape index (κ2) is 19.5. The van der Waals surface area contributed by atoms with E-state index in [1.54, 1.807) is 13.8 Å². The highest BCUT2D eigenvalue weighted by molar-refractivity contribution is 6.28. The summed E-state index contributed by atoms with van der Waals surface area (Å²) in [6.45, 7) is 2.90. The largest absolute Gasteiger partial charge is 0.362 e. The van der Waals surface area contributed by atoms with Crippen molar-refractivity contribution in [3.63, 3.8) is 0 Å². The average molecular weight is 627 g/mol. The van der Waals surface area contributed by atoms with E-state index in [4.69, 9.17) is 34.8 Å². The topological polar surface area (TPSA) is 125 Å². The molecule has 0 radical (unpaired) electrons. The standard InChI is InChI=1S/C8H9ClF3N3O.2C5H5ClFN3.C2H5F/c1-5-13-6(15-7(9)14-5)4-8(11,12)16-3-2-10;2*1-3-8-4(2-7)10-5(6)9-3;1-2-3/h2-4H2,1H3;2*2H2,1H3;2H2,1H3. The summed E-state index contributed by atoms with van der Waals surface area (Å²) < 4.78 is 75.8. The van der Waals surface area contributed by atoms with Crippen LogP contribution in [0.15, 0.2) is 0 Å². The fourth-order valence-electron chi connectivity index (χ4n) is 2.13. The summed E-state index contributed by atoms with van der Waals surface area (Å²) in [4.78, 5) is 32.5. The van der Waals surface area contributed by atoms with Gasteiger partial charge in [-0.15, -0.1) is 0 Å². The molecule has 0 saturated carbocycles. The lowest BCUT2D eigenvalue weighted by molar-refractivity contribution is -0.238. The molecule has 0 amide bonds. The van der Waals surface area contributed by atoms with Crippen LogP contribution in [0.25, 0.3) is 0 Å². The molecule has 39 heavy (non-hydrogen) atoms. The van der Waals surface area contributed by atoms with Crippen LogP contribution < -0.4 is 0 Å². The van der Waals surface area contributed by atoms with Gasteiger partial charge in [-0.25, -0.2) is 48.1 Å². The Kier molecular flexibility index (Phi) is 18.2. The van der Waals surface area contributed by atoms with Crippen LogP contribution >= 0.6 is 34.8 Å². The van der Waals surface area contributed by atoms with E-state index in [-0.39, 0.29) is 45.8 Å². The van der Waals surface area contributed by atoms with E-state index >= 15 is 0 Å².